The Kier molecular flexibility index (Phi) is 3.65. The summed E-state index contributed by atoms with van der Waals surface area (Å²) < 4.78 is 0. The number of nitrogens with zero attached hydrogens (tertiary/aromatic N) is 2. The second-order valence-electron chi connectivity index (χ2n) is 4.19. The molecule has 1 aromatic carbocycles. The van der Waals surface area contributed by atoms with Gasteiger partial charge in [0.25, 0.3) is 0 Å². The van der Waals surface area contributed by atoms with Crippen LogP contribution in [0.1, 0.15) is 12.6 Å². The molecule has 0 fully saturated rings. The number of nitro groups is 1. The summed E-state index contributed by atoms with van der Waals surface area (Å²) in [7, 11) is 0. The topological polar surface area (TPSA) is 113 Å². The highest BCUT2D eigenvalue weighted by Crippen LogP contribution is 2.28. The van der Waals surface area contributed by atoms with Gasteiger partial charge in [0.1, 0.15) is 5.69 Å². The van der Waals surface area contributed by atoms with Gasteiger partial charge in [-0.15, -0.1) is 5.10 Å². The molecular formula is C12H13N5O3. The Labute approximate surface area is 114 Å². The molecule has 0 radical (unpaired) electrons. The average molecular weight is 275 g/mol. The van der Waals surface area contributed by atoms with Gasteiger partial charge in [-0.25, -0.2) is 0 Å². The monoisotopic (exact) mass is 275 g/mol. The first-order valence-electron chi connectivity index (χ1n) is 5.81. The number of rotatable bonds is 4. The van der Waals surface area contributed by atoms with Crippen molar-refractivity contribution in [2.75, 3.05) is 10.6 Å². The van der Waals surface area contributed by atoms with E-state index in [1.54, 1.807) is 31.2 Å². The minimum Gasteiger partial charge on any atom is -0.333 e. The van der Waals surface area contributed by atoms with E-state index in [-0.39, 0.29) is 17.4 Å². The van der Waals surface area contributed by atoms with Gasteiger partial charge in [0, 0.05) is 18.3 Å². The van der Waals surface area contributed by atoms with Crippen LogP contribution in [0.3, 0.4) is 0 Å². The van der Waals surface area contributed by atoms with Crippen LogP contribution < -0.4 is 10.6 Å². The van der Waals surface area contributed by atoms with Gasteiger partial charge in [0.05, 0.1) is 4.92 Å². The molecule has 2 rings (SSSR count). The standard InChI is InChI=1S/C12H13N5O3/c1-7-11(17(19)20)12(16-15-7)14-10-5-3-9(4-6-10)13-8(2)18/h3-6H,1-2H3,(H,13,18)(H2,14,15,16). The number of benzene rings is 1. The van der Waals surface area contributed by atoms with Crippen LogP contribution in [0.15, 0.2) is 24.3 Å². The Hall–Kier alpha value is -2.90. The van der Waals surface area contributed by atoms with E-state index in [4.69, 9.17) is 0 Å². The van der Waals surface area contributed by atoms with Crippen LogP contribution >= 0.6 is 0 Å². The maximum Gasteiger partial charge on any atom is 0.333 e. The lowest BCUT2D eigenvalue weighted by Gasteiger charge is -2.05. The fraction of sp³-hybridized carbons (Fsp3) is 0.167. The number of hydrogen-bond donors (Lipinski definition) is 3. The molecule has 0 aliphatic heterocycles. The highest BCUT2D eigenvalue weighted by atomic mass is 16.6. The zero-order chi connectivity index (χ0) is 14.7. The van der Waals surface area contributed by atoms with Crippen molar-refractivity contribution < 1.29 is 9.72 Å². The number of carbonyl (C=O) groups excluding carboxylic acids is 1. The zero-order valence-electron chi connectivity index (χ0n) is 10.9. The van der Waals surface area contributed by atoms with Crippen LogP contribution in [-0.2, 0) is 4.79 Å². The van der Waals surface area contributed by atoms with Gasteiger partial charge in [0.2, 0.25) is 11.7 Å². The molecule has 1 amide bonds. The third kappa shape index (κ3) is 2.91. The summed E-state index contributed by atoms with van der Waals surface area (Å²) in [6.07, 6.45) is 0. The van der Waals surface area contributed by atoms with Gasteiger partial charge in [-0.2, -0.15) is 0 Å². The molecule has 0 saturated carbocycles. The largest absolute Gasteiger partial charge is 0.333 e. The fourth-order valence-electron chi connectivity index (χ4n) is 1.71. The number of H-pyrrole nitrogens is 1. The molecule has 8 nitrogen and oxygen atoms in total. The number of carbonyl (C=O) groups is 1. The molecule has 0 unspecified atom stereocenters. The molecule has 3 N–H and O–H groups in total. The number of amides is 1. The molecule has 2 aromatic rings. The Balaban J connectivity index is 2.18. The van der Waals surface area contributed by atoms with E-state index >= 15 is 0 Å². The third-order valence-electron chi connectivity index (χ3n) is 2.57. The molecule has 8 heteroatoms. The van der Waals surface area contributed by atoms with Gasteiger partial charge in [-0.05, 0) is 31.2 Å². The second-order valence-corrected chi connectivity index (χ2v) is 4.19. The first kappa shape index (κ1) is 13.5. The van der Waals surface area contributed by atoms with Crippen LogP contribution in [0.4, 0.5) is 22.9 Å². The second kappa shape index (κ2) is 5.39. The number of anilines is 3. The quantitative estimate of drug-likeness (QED) is 0.585. The first-order chi connectivity index (χ1) is 9.47. The van der Waals surface area contributed by atoms with E-state index < -0.39 is 4.92 Å². The molecule has 0 aliphatic carbocycles. The molecule has 0 aliphatic rings. The normalized spacial score (nSPS) is 10.1. The lowest BCUT2D eigenvalue weighted by atomic mass is 10.2. The Morgan fingerprint density at radius 2 is 1.90 bits per heavy atom. The number of aryl methyl sites for hydroxylation is 1. The summed E-state index contributed by atoms with van der Waals surface area (Å²) in [6, 6.07) is 6.77. The predicted octanol–water partition coefficient (Wildman–Crippen LogP) is 2.33. The predicted molar refractivity (Wildman–Crippen MR) is 74.0 cm³/mol. The summed E-state index contributed by atoms with van der Waals surface area (Å²) >= 11 is 0. The highest BCUT2D eigenvalue weighted by molar-refractivity contribution is 5.88. The van der Waals surface area contributed by atoms with E-state index in [1.807, 2.05) is 0 Å². The van der Waals surface area contributed by atoms with Crippen molar-refractivity contribution in [2.24, 2.45) is 0 Å². The van der Waals surface area contributed by atoms with Crippen molar-refractivity contribution >= 4 is 28.8 Å². The maximum absolute atomic E-state index is 10.9. The summed E-state index contributed by atoms with van der Waals surface area (Å²) in [5.74, 6) is -0.0101. The summed E-state index contributed by atoms with van der Waals surface area (Å²) in [4.78, 5) is 21.3. The van der Waals surface area contributed by atoms with Crippen LogP contribution in [0.25, 0.3) is 0 Å². The van der Waals surface area contributed by atoms with Gasteiger partial charge < -0.3 is 10.6 Å². The van der Waals surface area contributed by atoms with Gasteiger partial charge in [-0.3, -0.25) is 20.0 Å². The van der Waals surface area contributed by atoms with Gasteiger partial charge in [0.15, 0.2) is 0 Å². The van der Waals surface area contributed by atoms with Crippen LogP contribution in [0.2, 0.25) is 0 Å². The minimum absolute atomic E-state index is 0.0871. The van der Waals surface area contributed by atoms with Crippen molar-refractivity contribution in [2.45, 2.75) is 13.8 Å². The number of aromatic nitrogens is 2. The first-order valence-corrected chi connectivity index (χ1v) is 5.81. The molecule has 20 heavy (non-hydrogen) atoms. The van der Waals surface area contributed by atoms with Crippen molar-refractivity contribution in [1.82, 2.24) is 10.2 Å². The molecular weight excluding hydrogens is 262 g/mol. The molecule has 1 heterocycles. The zero-order valence-corrected chi connectivity index (χ0v) is 10.9. The van der Waals surface area contributed by atoms with Crippen LogP contribution in [0.5, 0.6) is 0 Å². The Morgan fingerprint density at radius 1 is 1.30 bits per heavy atom. The van der Waals surface area contributed by atoms with Crippen molar-refractivity contribution in [3.63, 3.8) is 0 Å². The SMILES string of the molecule is CC(=O)Nc1ccc(Nc2n[nH]c(C)c2[N+](=O)[O-])cc1. The van der Waals surface area contributed by atoms with E-state index in [9.17, 15) is 14.9 Å². The highest BCUT2D eigenvalue weighted by Gasteiger charge is 2.21. The summed E-state index contributed by atoms with van der Waals surface area (Å²) in [5, 5.41) is 22.8. The van der Waals surface area contributed by atoms with Crippen molar-refractivity contribution in [3.8, 4) is 0 Å². The molecule has 104 valence electrons. The van der Waals surface area contributed by atoms with E-state index in [1.165, 1.54) is 6.92 Å². The van der Waals surface area contributed by atoms with Crippen molar-refractivity contribution in [1.29, 1.82) is 0 Å². The van der Waals surface area contributed by atoms with Crippen LogP contribution in [-0.4, -0.2) is 21.0 Å². The maximum atomic E-state index is 10.9. The van der Waals surface area contributed by atoms with Gasteiger partial charge in [-0.1, -0.05) is 0 Å². The fourth-order valence-corrected chi connectivity index (χ4v) is 1.71. The lowest BCUT2D eigenvalue weighted by molar-refractivity contribution is -0.384. The van der Waals surface area contributed by atoms with E-state index in [0.29, 0.717) is 17.1 Å². The molecule has 0 bridgehead atoms. The van der Waals surface area contributed by atoms with E-state index in [2.05, 4.69) is 20.8 Å². The molecule has 1 aromatic heterocycles. The van der Waals surface area contributed by atoms with Crippen molar-refractivity contribution in [3.05, 3.63) is 40.1 Å². The van der Waals surface area contributed by atoms with Gasteiger partial charge >= 0.3 is 5.69 Å². The molecule has 0 spiro atoms. The summed E-state index contributed by atoms with van der Waals surface area (Å²) in [6.45, 7) is 3.00. The smallest absolute Gasteiger partial charge is 0.333 e. The lowest BCUT2D eigenvalue weighted by Crippen LogP contribution is -2.05. The van der Waals surface area contributed by atoms with E-state index in [0.717, 1.165) is 0 Å². The summed E-state index contributed by atoms with van der Waals surface area (Å²) in [5.41, 5.74) is 1.58. The van der Waals surface area contributed by atoms with Crippen LogP contribution in [0, 0.1) is 17.0 Å². The molecule has 0 atom stereocenters. The Bertz CT molecular complexity index is 648. The number of aromatic amines is 1. The minimum atomic E-state index is -0.493. The molecule has 0 saturated heterocycles. The number of nitrogens with one attached hydrogen (secondary N) is 3. The third-order valence-corrected chi connectivity index (χ3v) is 2.57. The Morgan fingerprint density at radius 3 is 2.45 bits per heavy atom. The average Bonchev–Trinajstić information content (AvgIpc) is 2.72. The number of hydrogen-bond acceptors (Lipinski definition) is 5.